The lowest BCUT2D eigenvalue weighted by Gasteiger charge is -2.07. The highest BCUT2D eigenvalue weighted by molar-refractivity contribution is 5.38. The molecule has 0 aliphatic heterocycles. The highest BCUT2D eigenvalue weighted by Gasteiger charge is 2.02. The van der Waals surface area contributed by atoms with Crippen molar-refractivity contribution >= 4 is 0 Å². The quantitative estimate of drug-likeness (QED) is 0.502. The maximum Gasteiger partial charge on any atom is -0.00159 e. The van der Waals surface area contributed by atoms with Crippen molar-refractivity contribution in [2.75, 3.05) is 0 Å². The Morgan fingerprint density at radius 1 is 0.714 bits per heavy atom. The van der Waals surface area contributed by atoms with Crippen molar-refractivity contribution in [2.24, 2.45) is 0 Å². The summed E-state index contributed by atoms with van der Waals surface area (Å²) in [5.41, 5.74) is 2.76. The molecule has 0 spiro atoms. The van der Waals surface area contributed by atoms with Crippen LogP contribution in [0.4, 0.5) is 0 Å². The number of allylic oxidation sites excluding steroid dienone is 4. The van der Waals surface area contributed by atoms with Crippen LogP contribution in [0.5, 0.6) is 0 Å². The monoisotopic (exact) mass is 186 g/mol. The van der Waals surface area contributed by atoms with Gasteiger partial charge in [0.2, 0.25) is 0 Å². The van der Waals surface area contributed by atoms with Gasteiger partial charge >= 0.3 is 0 Å². The number of hydrogen-bond acceptors (Lipinski definition) is 0. The third-order valence-corrected chi connectivity index (χ3v) is 2.97. The molecule has 14 heavy (non-hydrogen) atoms. The van der Waals surface area contributed by atoms with E-state index >= 15 is 0 Å². The first-order valence-electron chi connectivity index (χ1n) is 5.85. The minimum absolute atomic E-state index is 1.21. The molecule has 0 N–H and O–H groups in total. The van der Waals surface area contributed by atoms with Crippen molar-refractivity contribution in [3.05, 3.63) is 23.3 Å². The van der Waals surface area contributed by atoms with E-state index in [1.807, 2.05) is 0 Å². The van der Waals surface area contributed by atoms with Crippen molar-refractivity contribution in [1.82, 2.24) is 0 Å². The summed E-state index contributed by atoms with van der Waals surface area (Å²) in [5, 5.41) is 0. The molecule has 0 fully saturated rings. The largest absolute Gasteiger partial charge is 0.0729 e. The van der Waals surface area contributed by atoms with Gasteiger partial charge < -0.3 is 0 Å². The molecule has 0 radical (unpaired) electrons. The molecule has 0 aromatic carbocycles. The van der Waals surface area contributed by atoms with Crippen LogP contribution in [-0.4, -0.2) is 0 Å². The molecule has 0 atom stereocenters. The summed E-state index contributed by atoms with van der Waals surface area (Å²) in [5.74, 6) is 6.67. The first kappa shape index (κ1) is 9.59. The molecule has 0 aromatic heterocycles. The zero-order valence-corrected chi connectivity index (χ0v) is 8.81. The summed E-state index contributed by atoms with van der Waals surface area (Å²) in [7, 11) is 0. The Kier molecular flexibility index (Phi) is 3.46. The second-order valence-corrected chi connectivity index (χ2v) is 4.20. The molecule has 0 heteroatoms. The van der Waals surface area contributed by atoms with Crippen molar-refractivity contribution in [1.29, 1.82) is 0 Å². The van der Waals surface area contributed by atoms with Crippen LogP contribution in [0.25, 0.3) is 0 Å². The lowest BCUT2D eigenvalue weighted by molar-refractivity contribution is 0.712. The number of rotatable bonds is 0. The molecular weight excluding hydrogens is 168 g/mol. The summed E-state index contributed by atoms with van der Waals surface area (Å²) >= 11 is 0. The third-order valence-electron chi connectivity index (χ3n) is 2.97. The smallest absolute Gasteiger partial charge is 0.00159 e. The average molecular weight is 186 g/mol. The van der Waals surface area contributed by atoms with Gasteiger partial charge in [0.05, 0.1) is 0 Å². The standard InChI is InChI=1S/C14H18/c1-3-7-13(8-4-1)11-12-14-9-5-2-6-10-14/h7,9H,1-6,8,10H2. The van der Waals surface area contributed by atoms with Crippen molar-refractivity contribution in [3.8, 4) is 11.8 Å². The van der Waals surface area contributed by atoms with Gasteiger partial charge in [0.25, 0.3) is 0 Å². The normalized spacial score (nSPS) is 21.7. The maximum absolute atomic E-state index is 3.33. The molecule has 0 heterocycles. The summed E-state index contributed by atoms with van der Waals surface area (Å²) in [4.78, 5) is 0. The fourth-order valence-electron chi connectivity index (χ4n) is 2.06. The van der Waals surface area contributed by atoms with Gasteiger partial charge in [-0.15, -0.1) is 0 Å². The van der Waals surface area contributed by atoms with Crippen LogP contribution in [0.15, 0.2) is 23.3 Å². The predicted molar refractivity (Wildman–Crippen MR) is 60.9 cm³/mol. The zero-order valence-electron chi connectivity index (χ0n) is 8.81. The molecule has 2 rings (SSSR count). The molecule has 0 unspecified atom stereocenters. The molecule has 0 amide bonds. The molecule has 0 saturated carbocycles. The van der Waals surface area contributed by atoms with Gasteiger partial charge in [-0.25, -0.2) is 0 Å². The Morgan fingerprint density at radius 3 is 1.57 bits per heavy atom. The second-order valence-electron chi connectivity index (χ2n) is 4.20. The van der Waals surface area contributed by atoms with E-state index in [2.05, 4.69) is 24.0 Å². The van der Waals surface area contributed by atoms with E-state index in [1.54, 1.807) is 0 Å². The average Bonchev–Trinajstić information content (AvgIpc) is 2.29. The molecule has 2 aliphatic rings. The van der Waals surface area contributed by atoms with E-state index in [0.717, 1.165) is 0 Å². The van der Waals surface area contributed by atoms with Crippen molar-refractivity contribution in [3.63, 3.8) is 0 Å². The van der Waals surface area contributed by atoms with E-state index in [0.29, 0.717) is 0 Å². The molecular formula is C14H18. The Bertz CT molecular complexity index is 277. The topological polar surface area (TPSA) is 0 Å². The van der Waals surface area contributed by atoms with Crippen LogP contribution >= 0.6 is 0 Å². The summed E-state index contributed by atoms with van der Waals surface area (Å²) in [6, 6.07) is 0. The van der Waals surface area contributed by atoms with Crippen molar-refractivity contribution < 1.29 is 0 Å². The molecule has 0 bridgehead atoms. The van der Waals surface area contributed by atoms with Crippen LogP contribution in [0.2, 0.25) is 0 Å². The minimum Gasteiger partial charge on any atom is -0.0729 e. The van der Waals surface area contributed by atoms with Gasteiger partial charge in [-0.1, -0.05) is 24.0 Å². The third kappa shape index (κ3) is 2.77. The van der Waals surface area contributed by atoms with Gasteiger partial charge in [-0.2, -0.15) is 0 Å². The first-order chi connectivity index (χ1) is 6.95. The Hall–Kier alpha value is -0.960. The number of hydrogen-bond donors (Lipinski definition) is 0. The van der Waals surface area contributed by atoms with E-state index in [1.165, 1.54) is 62.5 Å². The van der Waals surface area contributed by atoms with Crippen LogP contribution in [-0.2, 0) is 0 Å². The Balaban J connectivity index is 1.97. The highest BCUT2D eigenvalue weighted by atomic mass is 14.1. The SMILES string of the molecule is C(#CC1=CCCCC1)C1=CCCCC1. The maximum atomic E-state index is 3.33. The van der Waals surface area contributed by atoms with Crippen LogP contribution in [0.1, 0.15) is 51.4 Å². The lowest BCUT2D eigenvalue weighted by Crippen LogP contribution is -1.91. The van der Waals surface area contributed by atoms with Gasteiger partial charge in [0.1, 0.15) is 0 Å². The van der Waals surface area contributed by atoms with Gasteiger partial charge in [0.15, 0.2) is 0 Å². The van der Waals surface area contributed by atoms with E-state index in [4.69, 9.17) is 0 Å². The minimum atomic E-state index is 1.21. The van der Waals surface area contributed by atoms with Gasteiger partial charge in [-0.05, 0) is 62.5 Å². The Labute approximate surface area is 87.1 Å². The van der Waals surface area contributed by atoms with Crippen LogP contribution in [0.3, 0.4) is 0 Å². The predicted octanol–water partition coefficient (Wildman–Crippen LogP) is 3.99. The van der Waals surface area contributed by atoms with Crippen LogP contribution in [0, 0.1) is 11.8 Å². The zero-order chi connectivity index (χ0) is 9.64. The lowest BCUT2D eigenvalue weighted by atomic mass is 9.97. The molecule has 0 aromatic rings. The summed E-state index contributed by atoms with van der Waals surface area (Å²) < 4.78 is 0. The van der Waals surface area contributed by atoms with Gasteiger partial charge in [0, 0.05) is 0 Å². The summed E-state index contributed by atoms with van der Waals surface area (Å²) in [6.45, 7) is 0. The van der Waals surface area contributed by atoms with E-state index in [-0.39, 0.29) is 0 Å². The fourth-order valence-corrected chi connectivity index (χ4v) is 2.06. The second kappa shape index (κ2) is 5.05. The molecule has 0 nitrogen and oxygen atoms in total. The van der Waals surface area contributed by atoms with E-state index in [9.17, 15) is 0 Å². The van der Waals surface area contributed by atoms with Crippen molar-refractivity contribution in [2.45, 2.75) is 51.4 Å². The summed E-state index contributed by atoms with van der Waals surface area (Å²) in [6.07, 6.45) is 14.9. The van der Waals surface area contributed by atoms with E-state index < -0.39 is 0 Å². The first-order valence-corrected chi connectivity index (χ1v) is 5.85. The molecule has 2 aliphatic carbocycles. The fraction of sp³-hybridized carbons (Fsp3) is 0.571. The van der Waals surface area contributed by atoms with Gasteiger partial charge in [-0.3, -0.25) is 0 Å². The van der Waals surface area contributed by atoms with Crippen LogP contribution < -0.4 is 0 Å². The molecule has 0 saturated heterocycles. The highest BCUT2D eigenvalue weighted by Crippen LogP contribution is 2.18. The molecule has 74 valence electrons. The Morgan fingerprint density at radius 2 is 1.21 bits per heavy atom.